The first kappa shape index (κ1) is 13.2. The van der Waals surface area contributed by atoms with Crippen molar-refractivity contribution in [3.8, 4) is 0 Å². The second-order valence-electron chi connectivity index (χ2n) is 4.86. The summed E-state index contributed by atoms with van der Waals surface area (Å²) in [5, 5.41) is 3.94. The first-order valence-electron chi connectivity index (χ1n) is 6.21. The van der Waals surface area contributed by atoms with E-state index in [1.807, 2.05) is 24.3 Å². The zero-order chi connectivity index (χ0) is 13.2. The summed E-state index contributed by atoms with van der Waals surface area (Å²) in [6.45, 7) is 2.08. The van der Waals surface area contributed by atoms with Gasteiger partial charge in [0.15, 0.2) is 0 Å². The lowest BCUT2D eigenvalue weighted by Crippen LogP contribution is -2.49. The number of hydrogen-bond donors (Lipinski definition) is 1. The number of rotatable bonds is 3. The molecule has 1 saturated carbocycles. The van der Waals surface area contributed by atoms with Gasteiger partial charge in [-0.05, 0) is 30.9 Å². The molecule has 4 heteroatoms. The van der Waals surface area contributed by atoms with Gasteiger partial charge in [-0.3, -0.25) is 0 Å². The van der Waals surface area contributed by atoms with Crippen molar-refractivity contribution in [3.63, 3.8) is 0 Å². The van der Waals surface area contributed by atoms with Gasteiger partial charge in [-0.25, -0.2) is 4.79 Å². The van der Waals surface area contributed by atoms with E-state index in [4.69, 9.17) is 16.3 Å². The molecule has 1 aromatic rings. The summed E-state index contributed by atoms with van der Waals surface area (Å²) in [4.78, 5) is 12.1. The van der Waals surface area contributed by atoms with Crippen LogP contribution in [0.15, 0.2) is 24.3 Å². The second kappa shape index (κ2) is 5.19. The average molecular weight is 268 g/mol. The summed E-state index contributed by atoms with van der Waals surface area (Å²) in [6.07, 6.45) is 2.83. The Labute approximate surface area is 112 Å². The summed E-state index contributed by atoms with van der Waals surface area (Å²) in [7, 11) is 1.43. The lowest BCUT2D eigenvalue weighted by molar-refractivity contribution is -0.147. The van der Waals surface area contributed by atoms with Crippen molar-refractivity contribution < 1.29 is 9.53 Å². The zero-order valence-electron chi connectivity index (χ0n) is 10.7. The van der Waals surface area contributed by atoms with Crippen LogP contribution in [-0.2, 0) is 9.53 Å². The van der Waals surface area contributed by atoms with Gasteiger partial charge in [0.25, 0.3) is 0 Å². The maximum atomic E-state index is 12.1. The van der Waals surface area contributed by atoms with Crippen molar-refractivity contribution in [1.82, 2.24) is 0 Å². The molecule has 2 rings (SSSR count). The molecule has 0 amide bonds. The van der Waals surface area contributed by atoms with Crippen molar-refractivity contribution in [3.05, 3.63) is 29.3 Å². The van der Waals surface area contributed by atoms with E-state index in [-0.39, 0.29) is 11.9 Å². The number of carbonyl (C=O) groups excluding carboxylic acids is 1. The molecule has 2 atom stereocenters. The minimum absolute atomic E-state index is 0.201. The molecule has 1 aromatic carbocycles. The number of para-hydroxylation sites is 1. The normalized spacial score (nSPS) is 26.9. The molecule has 1 N–H and O–H groups in total. The van der Waals surface area contributed by atoms with E-state index in [9.17, 15) is 4.79 Å². The highest BCUT2D eigenvalue weighted by Crippen LogP contribution is 2.40. The number of ether oxygens (including phenoxy) is 1. The third-order valence-corrected chi connectivity index (χ3v) is 4.16. The molecule has 0 heterocycles. The van der Waals surface area contributed by atoms with E-state index in [1.165, 1.54) is 7.11 Å². The number of hydrogen-bond acceptors (Lipinski definition) is 3. The Balaban J connectivity index is 2.32. The van der Waals surface area contributed by atoms with Gasteiger partial charge in [0, 0.05) is 0 Å². The number of benzene rings is 1. The van der Waals surface area contributed by atoms with Crippen molar-refractivity contribution in [2.45, 2.75) is 31.7 Å². The first-order chi connectivity index (χ1) is 8.60. The van der Waals surface area contributed by atoms with E-state index in [0.717, 1.165) is 24.9 Å². The van der Waals surface area contributed by atoms with Crippen molar-refractivity contribution in [2.24, 2.45) is 5.92 Å². The lowest BCUT2D eigenvalue weighted by atomic mass is 9.88. The Hall–Kier alpha value is -1.22. The van der Waals surface area contributed by atoms with E-state index < -0.39 is 5.54 Å². The van der Waals surface area contributed by atoms with Gasteiger partial charge in [-0.2, -0.15) is 0 Å². The van der Waals surface area contributed by atoms with Crippen LogP contribution in [0.2, 0.25) is 5.02 Å². The maximum absolute atomic E-state index is 12.1. The Morgan fingerprint density at radius 2 is 2.22 bits per heavy atom. The fourth-order valence-electron chi connectivity index (χ4n) is 2.70. The summed E-state index contributed by atoms with van der Waals surface area (Å²) in [6, 6.07) is 7.47. The molecule has 0 aromatic heterocycles. The fraction of sp³-hybridized carbons (Fsp3) is 0.500. The van der Waals surface area contributed by atoms with Crippen molar-refractivity contribution in [1.29, 1.82) is 0 Å². The number of halogens is 1. The second-order valence-corrected chi connectivity index (χ2v) is 5.27. The molecule has 1 fully saturated rings. The number of anilines is 1. The molecule has 2 unspecified atom stereocenters. The van der Waals surface area contributed by atoms with Gasteiger partial charge in [0.1, 0.15) is 5.54 Å². The predicted octanol–water partition coefficient (Wildman–Crippen LogP) is 3.48. The quantitative estimate of drug-likeness (QED) is 0.852. The topological polar surface area (TPSA) is 38.3 Å². The Morgan fingerprint density at radius 1 is 1.50 bits per heavy atom. The third kappa shape index (κ3) is 2.19. The first-order valence-corrected chi connectivity index (χ1v) is 6.59. The summed E-state index contributed by atoms with van der Waals surface area (Å²) < 4.78 is 4.98. The van der Waals surface area contributed by atoms with Gasteiger partial charge < -0.3 is 10.1 Å². The Kier molecular flexibility index (Phi) is 3.81. The molecule has 0 aliphatic heterocycles. The fourth-order valence-corrected chi connectivity index (χ4v) is 2.89. The highest BCUT2D eigenvalue weighted by molar-refractivity contribution is 6.33. The number of nitrogens with one attached hydrogen (secondary N) is 1. The third-order valence-electron chi connectivity index (χ3n) is 3.83. The highest BCUT2D eigenvalue weighted by Gasteiger charge is 2.48. The number of methoxy groups -OCH3 is 1. The van der Waals surface area contributed by atoms with Crippen LogP contribution in [0.1, 0.15) is 26.2 Å². The molecule has 18 heavy (non-hydrogen) atoms. The van der Waals surface area contributed by atoms with Crippen LogP contribution >= 0.6 is 11.6 Å². The SMILES string of the molecule is COC(=O)C1(Nc2ccccc2Cl)CCCC1C. The van der Waals surface area contributed by atoms with Crippen LogP contribution in [0.5, 0.6) is 0 Å². The standard InChI is InChI=1S/C14H18ClNO2/c1-10-6-5-9-14(10,13(17)18-2)16-12-8-4-3-7-11(12)15/h3-4,7-8,10,16H,5-6,9H2,1-2H3. The van der Waals surface area contributed by atoms with Gasteiger partial charge in [-0.15, -0.1) is 0 Å². The monoisotopic (exact) mass is 267 g/mol. The largest absolute Gasteiger partial charge is 0.467 e. The van der Waals surface area contributed by atoms with Crippen LogP contribution in [0.25, 0.3) is 0 Å². The van der Waals surface area contributed by atoms with Gasteiger partial charge >= 0.3 is 5.97 Å². The van der Waals surface area contributed by atoms with Crippen molar-refractivity contribution >= 4 is 23.3 Å². The molecule has 1 aliphatic carbocycles. The van der Waals surface area contributed by atoms with Gasteiger partial charge in [-0.1, -0.05) is 37.1 Å². The van der Waals surface area contributed by atoms with E-state index in [1.54, 1.807) is 0 Å². The summed E-state index contributed by atoms with van der Waals surface area (Å²) in [5.74, 6) is 0.0358. The molecule has 0 radical (unpaired) electrons. The maximum Gasteiger partial charge on any atom is 0.331 e. The summed E-state index contributed by atoms with van der Waals surface area (Å²) in [5.41, 5.74) is 0.151. The van der Waals surface area contributed by atoms with Crippen LogP contribution < -0.4 is 5.32 Å². The van der Waals surface area contributed by atoms with Crippen LogP contribution in [0.3, 0.4) is 0 Å². The molecule has 0 bridgehead atoms. The minimum atomic E-state index is -0.639. The number of carbonyl (C=O) groups is 1. The molecule has 0 spiro atoms. The van der Waals surface area contributed by atoms with E-state index in [2.05, 4.69) is 12.2 Å². The highest BCUT2D eigenvalue weighted by atomic mass is 35.5. The van der Waals surface area contributed by atoms with E-state index in [0.29, 0.717) is 5.02 Å². The Bertz CT molecular complexity index is 449. The van der Waals surface area contributed by atoms with Crippen LogP contribution in [0.4, 0.5) is 5.69 Å². The van der Waals surface area contributed by atoms with Gasteiger partial charge in [0.2, 0.25) is 0 Å². The molecule has 98 valence electrons. The minimum Gasteiger partial charge on any atom is -0.467 e. The number of esters is 1. The molecule has 3 nitrogen and oxygen atoms in total. The molecule has 1 aliphatic rings. The van der Waals surface area contributed by atoms with Crippen LogP contribution in [-0.4, -0.2) is 18.6 Å². The van der Waals surface area contributed by atoms with Gasteiger partial charge in [0.05, 0.1) is 17.8 Å². The lowest BCUT2D eigenvalue weighted by Gasteiger charge is -2.33. The van der Waals surface area contributed by atoms with Crippen LogP contribution in [0, 0.1) is 5.92 Å². The molecular weight excluding hydrogens is 250 g/mol. The average Bonchev–Trinajstić information content (AvgIpc) is 2.74. The van der Waals surface area contributed by atoms with Crippen molar-refractivity contribution in [2.75, 3.05) is 12.4 Å². The summed E-state index contributed by atoms with van der Waals surface area (Å²) >= 11 is 6.15. The smallest absolute Gasteiger partial charge is 0.331 e. The Morgan fingerprint density at radius 3 is 2.78 bits per heavy atom. The van der Waals surface area contributed by atoms with E-state index >= 15 is 0 Å². The zero-order valence-corrected chi connectivity index (χ0v) is 11.5. The molecule has 0 saturated heterocycles. The molecular formula is C14H18ClNO2. The predicted molar refractivity (Wildman–Crippen MR) is 72.8 cm³/mol.